The molecule has 0 aliphatic rings. The lowest BCUT2D eigenvalue weighted by molar-refractivity contribution is 0.419. The Balaban J connectivity index is 1.68. The minimum absolute atomic E-state index is 0.194. The van der Waals surface area contributed by atoms with E-state index in [0.717, 1.165) is 49.2 Å². The summed E-state index contributed by atoms with van der Waals surface area (Å²) in [6.45, 7) is 4.56. The molecule has 3 nitrogen and oxygen atoms in total. The zero-order valence-corrected chi connectivity index (χ0v) is 14.9. The van der Waals surface area contributed by atoms with Crippen molar-refractivity contribution in [2.24, 2.45) is 0 Å². The number of nitrogens with one attached hydrogen (secondary N) is 1. The summed E-state index contributed by atoms with van der Waals surface area (Å²) in [4.78, 5) is 0. The van der Waals surface area contributed by atoms with Gasteiger partial charge in [-0.25, -0.2) is 4.39 Å². The molecular weight excluding hydrogens is 315 g/mol. The molecule has 0 radical (unpaired) electrons. The first-order chi connectivity index (χ1) is 12.2. The maximum atomic E-state index is 14.3. The van der Waals surface area contributed by atoms with Gasteiger partial charge in [-0.15, -0.1) is 0 Å². The van der Waals surface area contributed by atoms with E-state index in [2.05, 4.69) is 35.8 Å². The lowest BCUT2D eigenvalue weighted by atomic mass is 10.1. The molecule has 25 heavy (non-hydrogen) atoms. The lowest BCUT2D eigenvalue weighted by Crippen LogP contribution is -2.20. The molecule has 0 saturated carbocycles. The van der Waals surface area contributed by atoms with E-state index >= 15 is 0 Å². The highest BCUT2D eigenvalue weighted by molar-refractivity contribution is 5.90. The van der Waals surface area contributed by atoms with Gasteiger partial charge in [0.2, 0.25) is 0 Å². The van der Waals surface area contributed by atoms with Gasteiger partial charge in [0.15, 0.2) is 0 Å². The quantitative estimate of drug-likeness (QED) is 0.623. The van der Waals surface area contributed by atoms with Gasteiger partial charge in [-0.3, -0.25) is 0 Å². The van der Waals surface area contributed by atoms with Crippen LogP contribution in [0.1, 0.15) is 18.1 Å². The van der Waals surface area contributed by atoms with Gasteiger partial charge < -0.3 is 14.6 Å². The third-order valence-electron chi connectivity index (χ3n) is 4.58. The second-order valence-corrected chi connectivity index (χ2v) is 6.15. The Bertz CT molecular complexity index is 827. The van der Waals surface area contributed by atoms with E-state index in [1.807, 2.05) is 17.6 Å². The molecule has 0 fully saturated rings. The molecule has 0 bridgehead atoms. The minimum Gasteiger partial charge on any atom is -0.496 e. The predicted octanol–water partition coefficient (Wildman–Crippen LogP) is 4.18. The topological polar surface area (TPSA) is 26.2 Å². The normalized spacial score (nSPS) is 11.2. The molecular formula is C21H25FN2O. The lowest BCUT2D eigenvalue weighted by Gasteiger charge is -2.07. The predicted molar refractivity (Wildman–Crippen MR) is 101 cm³/mol. The molecule has 0 unspecified atom stereocenters. The average Bonchev–Trinajstić information content (AvgIpc) is 3.02. The zero-order chi connectivity index (χ0) is 17.6. The van der Waals surface area contributed by atoms with Crippen LogP contribution in [0.2, 0.25) is 0 Å². The maximum absolute atomic E-state index is 14.3. The number of ether oxygens (including phenoxy) is 1. The molecule has 2 aromatic carbocycles. The van der Waals surface area contributed by atoms with Crippen LogP contribution >= 0.6 is 0 Å². The summed E-state index contributed by atoms with van der Waals surface area (Å²) < 4.78 is 21.7. The Kier molecular flexibility index (Phi) is 5.71. The van der Waals surface area contributed by atoms with Crippen LogP contribution < -0.4 is 10.1 Å². The number of hydrogen-bond donors (Lipinski definition) is 1. The Morgan fingerprint density at radius 3 is 2.52 bits per heavy atom. The summed E-state index contributed by atoms with van der Waals surface area (Å²) in [7, 11) is 1.64. The van der Waals surface area contributed by atoms with Crippen LogP contribution in [-0.2, 0) is 19.4 Å². The molecule has 3 rings (SSSR count). The second-order valence-electron chi connectivity index (χ2n) is 6.15. The number of fused-ring (bicyclic) bond motifs is 1. The molecule has 1 N–H and O–H groups in total. The molecule has 0 spiro atoms. The van der Waals surface area contributed by atoms with Crippen molar-refractivity contribution in [2.45, 2.75) is 26.3 Å². The van der Waals surface area contributed by atoms with Crippen LogP contribution in [0.25, 0.3) is 10.9 Å². The summed E-state index contributed by atoms with van der Waals surface area (Å²) in [6.07, 6.45) is 3.91. The summed E-state index contributed by atoms with van der Waals surface area (Å²) in [5.41, 5.74) is 3.10. The highest BCUT2D eigenvalue weighted by Gasteiger charge is 2.16. The number of benzene rings is 2. The fourth-order valence-electron chi connectivity index (χ4n) is 3.29. The van der Waals surface area contributed by atoms with Gasteiger partial charge in [0.1, 0.15) is 11.6 Å². The largest absolute Gasteiger partial charge is 0.496 e. The molecule has 1 aromatic heterocycles. The first-order valence-electron chi connectivity index (χ1n) is 8.83. The van der Waals surface area contributed by atoms with E-state index in [9.17, 15) is 4.39 Å². The number of rotatable bonds is 8. The molecule has 4 heteroatoms. The van der Waals surface area contributed by atoms with E-state index in [1.165, 1.54) is 11.6 Å². The van der Waals surface area contributed by atoms with Crippen molar-refractivity contribution < 1.29 is 9.13 Å². The van der Waals surface area contributed by atoms with Crippen LogP contribution in [0.3, 0.4) is 0 Å². The van der Waals surface area contributed by atoms with E-state index in [-0.39, 0.29) is 5.82 Å². The van der Waals surface area contributed by atoms with Gasteiger partial charge in [0.25, 0.3) is 0 Å². The van der Waals surface area contributed by atoms with E-state index < -0.39 is 0 Å². The molecule has 3 aromatic rings. The van der Waals surface area contributed by atoms with Crippen LogP contribution in [-0.4, -0.2) is 24.8 Å². The van der Waals surface area contributed by atoms with E-state index in [0.29, 0.717) is 5.52 Å². The van der Waals surface area contributed by atoms with Gasteiger partial charge in [0, 0.05) is 18.1 Å². The Hall–Kier alpha value is -2.33. The Morgan fingerprint density at radius 1 is 1.04 bits per heavy atom. The average molecular weight is 340 g/mol. The molecule has 1 heterocycles. The van der Waals surface area contributed by atoms with Crippen LogP contribution in [0, 0.1) is 5.82 Å². The summed E-state index contributed by atoms with van der Waals surface area (Å²) >= 11 is 0. The van der Waals surface area contributed by atoms with Gasteiger partial charge in [-0.05, 0) is 56.1 Å². The smallest absolute Gasteiger partial charge is 0.147 e. The second kappa shape index (κ2) is 8.17. The van der Waals surface area contributed by atoms with Crippen LogP contribution in [0.4, 0.5) is 4.39 Å². The first kappa shape index (κ1) is 17.5. The number of halogens is 1. The summed E-state index contributed by atoms with van der Waals surface area (Å²) in [5, 5.41) is 4.38. The van der Waals surface area contributed by atoms with Crippen molar-refractivity contribution in [1.29, 1.82) is 0 Å². The van der Waals surface area contributed by atoms with Gasteiger partial charge >= 0.3 is 0 Å². The first-order valence-corrected chi connectivity index (χ1v) is 8.83. The Labute approximate surface area is 148 Å². The highest BCUT2D eigenvalue weighted by atomic mass is 19.1. The van der Waals surface area contributed by atoms with E-state index in [4.69, 9.17) is 4.74 Å². The Morgan fingerprint density at radius 2 is 1.80 bits per heavy atom. The van der Waals surface area contributed by atoms with Crippen LogP contribution in [0.15, 0.2) is 48.7 Å². The third kappa shape index (κ3) is 3.85. The SMILES string of the molecule is CCn1cc(CCNCCc2ccccc2)c2c(OC)ccc(F)c21. The van der Waals surface area contributed by atoms with Crippen molar-refractivity contribution in [3.05, 3.63) is 65.6 Å². The van der Waals surface area contributed by atoms with E-state index in [1.54, 1.807) is 13.2 Å². The van der Waals surface area contributed by atoms with Crippen molar-refractivity contribution in [3.63, 3.8) is 0 Å². The van der Waals surface area contributed by atoms with Gasteiger partial charge in [0.05, 0.1) is 12.6 Å². The number of methoxy groups -OCH3 is 1. The highest BCUT2D eigenvalue weighted by Crippen LogP contribution is 2.32. The van der Waals surface area contributed by atoms with Crippen molar-refractivity contribution >= 4 is 10.9 Å². The number of hydrogen-bond acceptors (Lipinski definition) is 2. The molecule has 0 aliphatic carbocycles. The molecule has 0 atom stereocenters. The van der Waals surface area contributed by atoms with Crippen molar-refractivity contribution in [1.82, 2.24) is 9.88 Å². The standard InChI is InChI=1S/C21H25FN2O/c1-3-24-15-17(20-19(25-2)10-9-18(22)21(20)24)12-14-23-13-11-16-7-5-4-6-8-16/h4-10,15,23H,3,11-14H2,1-2H3. The fourth-order valence-corrected chi connectivity index (χ4v) is 3.29. The molecule has 132 valence electrons. The molecule has 0 aliphatic heterocycles. The maximum Gasteiger partial charge on any atom is 0.147 e. The minimum atomic E-state index is -0.194. The van der Waals surface area contributed by atoms with Gasteiger partial charge in [-0.2, -0.15) is 0 Å². The van der Waals surface area contributed by atoms with Crippen molar-refractivity contribution in [2.75, 3.05) is 20.2 Å². The number of nitrogens with zero attached hydrogens (tertiary/aromatic N) is 1. The molecule has 0 amide bonds. The molecule has 0 saturated heterocycles. The number of aryl methyl sites for hydroxylation is 1. The summed E-state index contributed by atoms with van der Waals surface area (Å²) in [5.74, 6) is 0.545. The third-order valence-corrected chi connectivity index (χ3v) is 4.58. The fraction of sp³-hybridized carbons (Fsp3) is 0.333. The number of aromatic nitrogens is 1. The zero-order valence-electron chi connectivity index (χ0n) is 14.9. The van der Waals surface area contributed by atoms with Gasteiger partial charge in [-0.1, -0.05) is 30.3 Å². The van der Waals surface area contributed by atoms with Crippen LogP contribution in [0.5, 0.6) is 5.75 Å². The summed E-state index contributed by atoms with van der Waals surface area (Å²) in [6, 6.07) is 13.6. The van der Waals surface area contributed by atoms with Crippen molar-refractivity contribution in [3.8, 4) is 5.75 Å². The monoisotopic (exact) mass is 340 g/mol.